The standard InChI is InChI=1S/C23H21ClN2O3S/c1-26(2)23(28)15-8-11-20(29-3)19(14-15)25-22(27)13-10-16-9-12-21(30-16)17-6-4-5-7-18(17)24/h4-14H,1-3H3,(H,25,27)/b13-10+. The molecule has 2 aromatic carbocycles. The van der Waals surface area contributed by atoms with Crippen LogP contribution in [-0.2, 0) is 4.79 Å². The topological polar surface area (TPSA) is 58.6 Å². The second-order valence-corrected chi connectivity index (χ2v) is 8.14. The third-order valence-corrected chi connectivity index (χ3v) is 5.69. The van der Waals surface area contributed by atoms with Gasteiger partial charge in [-0.15, -0.1) is 11.3 Å². The molecule has 0 spiro atoms. The molecule has 30 heavy (non-hydrogen) atoms. The summed E-state index contributed by atoms with van der Waals surface area (Å²) in [6, 6.07) is 16.5. The van der Waals surface area contributed by atoms with Crippen molar-refractivity contribution in [2.75, 3.05) is 26.5 Å². The van der Waals surface area contributed by atoms with Crippen LogP contribution in [0.25, 0.3) is 16.5 Å². The van der Waals surface area contributed by atoms with E-state index >= 15 is 0 Å². The highest BCUT2D eigenvalue weighted by Crippen LogP contribution is 2.33. The SMILES string of the molecule is COc1ccc(C(=O)N(C)C)cc1NC(=O)/C=C/c1ccc(-c2ccccc2Cl)s1. The number of nitrogens with zero attached hydrogens (tertiary/aromatic N) is 1. The van der Waals surface area contributed by atoms with Crippen LogP contribution in [-0.4, -0.2) is 37.9 Å². The molecular weight excluding hydrogens is 420 g/mol. The van der Waals surface area contributed by atoms with Gasteiger partial charge in [0.25, 0.3) is 5.91 Å². The highest BCUT2D eigenvalue weighted by molar-refractivity contribution is 7.16. The number of amides is 2. The first-order valence-corrected chi connectivity index (χ1v) is 10.3. The summed E-state index contributed by atoms with van der Waals surface area (Å²) in [5.74, 6) is -0.00554. The summed E-state index contributed by atoms with van der Waals surface area (Å²) in [6.45, 7) is 0. The number of ether oxygens (including phenoxy) is 1. The van der Waals surface area contributed by atoms with Crippen molar-refractivity contribution in [2.45, 2.75) is 0 Å². The Kier molecular flexibility index (Phi) is 6.92. The number of nitrogens with one attached hydrogen (secondary N) is 1. The molecule has 0 unspecified atom stereocenters. The molecule has 0 saturated heterocycles. The van der Waals surface area contributed by atoms with Gasteiger partial charge in [-0.2, -0.15) is 0 Å². The number of benzene rings is 2. The van der Waals surface area contributed by atoms with Gasteiger partial charge < -0.3 is 15.0 Å². The number of halogens is 1. The first-order valence-electron chi connectivity index (χ1n) is 9.12. The van der Waals surface area contributed by atoms with Crippen molar-refractivity contribution in [3.8, 4) is 16.2 Å². The minimum atomic E-state index is -0.324. The first-order chi connectivity index (χ1) is 14.4. The molecular formula is C23H21ClN2O3S. The number of hydrogen-bond acceptors (Lipinski definition) is 4. The van der Waals surface area contributed by atoms with Crippen molar-refractivity contribution in [3.05, 3.63) is 76.1 Å². The van der Waals surface area contributed by atoms with Gasteiger partial charge >= 0.3 is 0 Å². The Bertz CT molecular complexity index is 1110. The zero-order valence-electron chi connectivity index (χ0n) is 16.8. The van der Waals surface area contributed by atoms with Crippen LogP contribution in [0.1, 0.15) is 15.2 Å². The summed E-state index contributed by atoms with van der Waals surface area (Å²) in [6.07, 6.45) is 3.18. The summed E-state index contributed by atoms with van der Waals surface area (Å²) < 4.78 is 5.29. The molecule has 0 aliphatic rings. The van der Waals surface area contributed by atoms with Gasteiger partial charge in [-0.05, 0) is 42.5 Å². The van der Waals surface area contributed by atoms with Gasteiger partial charge in [0.1, 0.15) is 5.75 Å². The predicted octanol–water partition coefficient (Wildman–Crippen LogP) is 5.43. The number of methoxy groups -OCH3 is 1. The monoisotopic (exact) mass is 440 g/mol. The lowest BCUT2D eigenvalue weighted by molar-refractivity contribution is -0.111. The predicted molar refractivity (Wildman–Crippen MR) is 123 cm³/mol. The van der Waals surface area contributed by atoms with E-state index in [0.717, 1.165) is 15.3 Å². The molecule has 0 atom stereocenters. The maximum atomic E-state index is 12.4. The van der Waals surface area contributed by atoms with E-state index in [4.69, 9.17) is 16.3 Å². The number of carbonyl (C=O) groups is 2. The van der Waals surface area contributed by atoms with Gasteiger partial charge in [-0.25, -0.2) is 0 Å². The Labute approximate surface area is 184 Å². The van der Waals surface area contributed by atoms with E-state index in [2.05, 4.69) is 5.32 Å². The van der Waals surface area contributed by atoms with Gasteiger partial charge in [0.15, 0.2) is 0 Å². The summed E-state index contributed by atoms with van der Waals surface area (Å²) in [5, 5.41) is 3.46. The van der Waals surface area contributed by atoms with Gasteiger partial charge in [0.2, 0.25) is 5.91 Å². The lowest BCUT2D eigenvalue weighted by Gasteiger charge is -2.13. The molecule has 154 valence electrons. The highest BCUT2D eigenvalue weighted by atomic mass is 35.5. The van der Waals surface area contributed by atoms with Crippen LogP contribution in [0.5, 0.6) is 5.75 Å². The Morgan fingerprint density at radius 2 is 1.87 bits per heavy atom. The fourth-order valence-electron chi connectivity index (χ4n) is 2.78. The van der Waals surface area contributed by atoms with Crippen molar-refractivity contribution in [1.29, 1.82) is 0 Å². The smallest absolute Gasteiger partial charge is 0.253 e. The van der Waals surface area contributed by atoms with Crippen molar-refractivity contribution in [2.24, 2.45) is 0 Å². The Morgan fingerprint density at radius 3 is 2.57 bits per heavy atom. The molecule has 0 aliphatic carbocycles. The lowest BCUT2D eigenvalue weighted by atomic mass is 10.1. The average molecular weight is 441 g/mol. The quantitative estimate of drug-likeness (QED) is 0.520. The maximum Gasteiger partial charge on any atom is 0.253 e. The third kappa shape index (κ3) is 5.09. The van der Waals surface area contributed by atoms with Crippen LogP contribution in [0.4, 0.5) is 5.69 Å². The van der Waals surface area contributed by atoms with Gasteiger partial charge in [-0.3, -0.25) is 9.59 Å². The Balaban J connectivity index is 1.74. The van der Waals surface area contributed by atoms with Crippen LogP contribution in [0.3, 0.4) is 0 Å². The number of anilines is 1. The molecule has 3 rings (SSSR count). The summed E-state index contributed by atoms with van der Waals surface area (Å²) >= 11 is 7.79. The first kappa shape index (κ1) is 21.6. The molecule has 5 nitrogen and oxygen atoms in total. The molecule has 0 aliphatic heterocycles. The zero-order valence-corrected chi connectivity index (χ0v) is 18.4. The second-order valence-electron chi connectivity index (χ2n) is 6.62. The lowest BCUT2D eigenvalue weighted by Crippen LogP contribution is -2.22. The number of rotatable bonds is 6. The molecule has 2 amide bonds. The van der Waals surface area contributed by atoms with E-state index in [9.17, 15) is 9.59 Å². The minimum absolute atomic E-state index is 0.158. The van der Waals surface area contributed by atoms with E-state index < -0.39 is 0 Å². The van der Waals surface area contributed by atoms with Gasteiger partial charge in [0, 0.05) is 46.1 Å². The van der Waals surface area contributed by atoms with Crippen LogP contribution in [0, 0.1) is 0 Å². The fraction of sp³-hybridized carbons (Fsp3) is 0.130. The number of carbonyl (C=O) groups excluding carboxylic acids is 2. The second kappa shape index (κ2) is 9.61. The van der Waals surface area contributed by atoms with E-state index in [0.29, 0.717) is 22.0 Å². The van der Waals surface area contributed by atoms with Crippen LogP contribution in [0.15, 0.2) is 60.7 Å². The van der Waals surface area contributed by atoms with Crippen molar-refractivity contribution >= 4 is 46.5 Å². The molecule has 3 aromatic rings. The molecule has 0 bridgehead atoms. The van der Waals surface area contributed by atoms with Gasteiger partial charge in [-0.1, -0.05) is 29.8 Å². The zero-order chi connectivity index (χ0) is 21.7. The summed E-state index contributed by atoms with van der Waals surface area (Å²) in [7, 11) is 4.85. The van der Waals surface area contributed by atoms with Gasteiger partial charge in [0.05, 0.1) is 12.8 Å². The Morgan fingerprint density at radius 1 is 1.10 bits per heavy atom. The molecule has 7 heteroatoms. The normalized spacial score (nSPS) is 10.8. The molecule has 0 fully saturated rings. The summed E-state index contributed by atoms with van der Waals surface area (Å²) in [4.78, 5) is 28.0. The number of thiophene rings is 1. The van der Waals surface area contributed by atoms with E-state index in [1.807, 2.05) is 36.4 Å². The van der Waals surface area contributed by atoms with Crippen LogP contribution >= 0.6 is 22.9 Å². The van der Waals surface area contributed by atoms with Crippen molar-refractivity contribution in [1.82, 2.24) is 4.90 Å². The fourth-order valence-corrected chi connectivity index (χ4v) is 4.02. The van der Waals surface area contributed by atoms with Crippen LogP contribution < -0.4 is 10.1 Å². The summed E-state index contributed by atoms with van der Waals surface area (Å²) in [5.41, 5.74) is 1.85. The van der Waals surface area contributed by atoms with E-state index in [-0.39, 0.29) is 11.8 Å². The minimum Gasteiger partial charge on any atom is -0.495 e. The highest BCUT2D eigenvalue weighted by Gasteiger charge is 2.13. The van der Waals surface area contributed by atoms with Crippen molar-refractivity contribution < 1.29 is 14.3 Å². The largest absolute Gasteiger partial charge is 0.495 e. The molecule has 1 N–H and O–H groups in total. The Hall–Kier alpha value is -3.09. The molecule has 0 saturated carbocycles. The average Bonchev–Trinajstić information content (AvgIpc) is 3.20. The molecule has 1 aromatic heterocycles. The van der Waals surface area contributed by atoms with Crippen LogP contribution in [0.2, 0.25) is 5.02 Å². The molecule has 1 heterocycles. The maximum absolute atomic E-state index is 12.4. The van der Waals surface area contributed by atoms with Crippen molar-refractivity contribution in [3.63, 3.8) is 0 Å². The number of hydrogen-bond donors (Lipinski definition) is 1. The van der Waals surface area contributed by atoms with E-state index in [1.165, 1.54) is 29.4 Å². The third-order valence-electron chi connectivity index (χ3n) is 4.28. The molecule has 0 radical (unpaired) electrons. The van der Waals surface area contributed by atoms with E-state index in [1.54, 1.807) is 38.4 Å².